The summed E-state index contributed by atoms with van der Waals surface area (Å²) in [5.41, 5.74) is 0. The van der Waals surface area contributed by atoms with E-state index in [0.717, 1.165) is 17.4 Å². The fourth-order valence-corrected chi connectivity index (χ4v) is 1.66. The summed E-state index contributed by atoms with van der Waals surface area (Å²) in [6, 6.07) is 5.60. The second kappa shape index (κ2) is 5.14. The van der Waals surface area contributed by atoms with Gasteiger partial charge in [0.25, 0.3) is 0 Å². The summed E-state index contributed by atoms with van der Waals surface area (Å²) in [7, 11) is 0. The van der Waals surface area contributed by atoms with Crippen LogP contribution < -0.4 is 5.32 Å². The molecule has 0 aliphatic rings. The van der Waals surface area contributed by atoms with E-state index in [4.69, 9.17) is 16.6 Å². The number of hydrogen-bond donors (Lipinski definition) is 2. The van der Waals surface area contributed by atoms with Gasteiger partial charge < -0.3 is 14.7 Å². The summed E-state index contributed by atoms with van der Waals surface area (Å²) in [5.74, 6) is 2.96. The molecule has 0 spiro atoms. The first-order chi connectivity index (χ1) is 8.15. The Labute approximate surface area is 105 Å². The zero-order valence-corrected chi connectivity index (χ0v) is 10.7. The van der Waals surface area contributed by atoms with Crippen molar-refractivity contribution in [3.8, 4) is 0 Å². The van der Waals surface area contributed by atoms with Crippen molar-refractivity contribution in [3.05, 3.63) is 40.7 Å². The number of aromatic nitrogens is 2. The molecule has 0 unspecified atom stereocenters. The number of hydrogen-bond acceptors (Lipinski definition) is 4. The molecule has 90 valence electrons. The van der Waals surface area contributed by atoms with Crippen LogP contribution in [0.25, 0.3) is 0 Å². The molecule has 0 aromatic carbocycles. The van der Waals surface area contributed by atoms with Crippen molar-refractivity contribution in [2.75, 3.05) is 5.32 Å². The maximum absolute atomic E-state index is 5.25. The molecule has 0 amide bonds. The molecular formula is C12H15N3OS. The van der Waals surface area contributed by atoms with Gasteiger partial charge in [-0.15, -0.1) is 0 Å². The molecule has 0 fully saturated rings. The minimum atomic E-state index is 0.321. The molecule has 17 heavy (non-hydrogen) atoms. The van der Waals surface area contributed by atoms with Gasteiger partial charge in [0.15, 0.2) is 0 Å². The molecule has 2 aromatic heterocycles. The second-order valence-corrected chi connectivity index (χ2v) is 4.52. The van der Waals surface area contributed by atoms with Crippen LogP contribution in [0.1, 0.15) is 31.4 Å². The Hall–Kier alpha value is -1.62. The molecule has 0 radical (unpaired) electrons. The van der Waals surface area contributed by atoms with Gasteiger partial charge in [0, 0.05) is 12.0 Å². The van der Waals surface area contributed by atoms with Gasteiger partial charge in [-0.1, -0.05) is 26.1 Å². The molecule has 4 nitrogen and oxygen atoms in total. The molecule has 2 aromatic rings. The number of nitrogens with zero attached hydrogens (tertiary/aromatic N) is 1. The molecular weight excluding hydrogens is 234 g/mol. The zero-order chi connectivity index (χ0) is 12.3. The van der Waals surface area contributed by atoms with E-state index in [9.17, 15) is 0 Å². The maximum Gasteiger partial charge on any atom is 0.131 e. The van der Waals surface area contributed by atoms with E-state index >= 15 is 0 Å². The van der Waals surface area contributed by atoms with Crippen LogP contribution in [-0.4, -0.2) is 9.97 Å². The molecule has 2 N–H and O–H groups in total. The van der Waals surface area contributed by atoms with Gasteiger partial charge in [-0.2, -0.15) is 0 Å². The van der Waals surface area contributed by atoms with Crippen molar-refractivity contribution in [1.29, 1.82) is 0 Å². The van der Waals surface area contributed by atoms with E-state index in [-0.39, 0.29) is 0 Å². The first-order valence-corrected chi connectivity index (χ1v) is 5.93. The minimum absolute atomic E-state index is 0.321. The summed E-state index contributed by atoms with van der Waals surface area (Å²) >= 11 is 5.13. The van der Waals surface area contributed by atoms with E-state index in [1.807, 2.05) is 18.2 Å². The Kier molecular flexibility index (Phi) is 3.58. The highest BCUT2D eigenvalue weighted by Gasteiger charge is 2.03. The summed E-state index contributed by atoms with van der Waals surface area (Å²) in [5, 5.41) is 3.23. The Morgan fingerprint density at radius 1 is 1.53 bits per heavy atom. The molecule has 0 saturated heterocycles. The van der Waals surface area contributed by atoms with Crippen molar-refractivity contribution in [1.82, 2.24) is 9.97 Å². The highest BCUT2D eigenvalue weighted by Crippen LogP contribution is 2.13. The first kappa shape index (κ1) is 11.9. The van der Waals surface area contributed by atoms with Gasteiger partial charge in [-0.25, -0.2) is 4.98 Å². The number of H-pyrrole nitrogens is 1. The lowest BCUT2D eigenvalue weighted by Crippen LogP contribution is -2.05. The standard InChI is InChI=1S/C12H15N3OS/c1-8(2)12-14-10(6-11(17)15-12)13-7-9-4-3-5-16-9/h3-6,8H,7H2,1-2H3,(H2,13,14,15,17). The lowest BCUT2D eigenvalue weighted by Gasteiger charge is -2.09. The third kappa shape index (κ3) is 3.17. The minimum Gasteiger partial charge on any atom is -0.467 e. The van der Waals surface area contributed by atoms with Crippen molar-refractivity contribution in [2.24, 2.45) is 0 Å². The summed E-state index contributed by atoms with van der Waals surface area (Å²) in [6.45, 7) is 4.77. The van der Waals surface area contributed by atoms with Crippen LogP contribution in [0, 0.1) is 4.64 Å². The molecule has 0 atom stereocenters. The van der Waals surface area contributed by atoms with Crippen molar-refractivity contribution in [2.45, 2.75) is 26.3 Å². The fourth-order valence-electron chi connectivity index (χ4n) is 1.44. The summed E-state index contributed by atoms with van der Waals surface area (Å²) in [4.78, 5) is 7.49. The largest absolute Gasteiger partial charge is 0.467 e. The predicted octanol–water partition coefficient (Wildman–Crippen LogP) is 3.47. The molecule has 0 saturated carbocycles. The molecule has 0 aliphatic carbocycles. The monoisotopic (exact) mass is 249 g/mol. The lowest BCUT2D eigenvalue weighted by atomic mass is 10.2. The van der Waals surface area contributed by atoms with E-state index in [0.29, 0.717) is 17.1 Å². The molecule has 0 bridgehead atoms. The topological polar surface area (TPSA) is 53.9 Å². The van der Waals surface area contributed by atoms with Gasteiger partial charge in [-0.3, -0.25) is 0 Å². The third-order valence-corrected chi connectivity index (χ3v) is 2.55. The van der Waals surface area contributed by atoms with Crippen LogP contribution in [0.4, 0.5) is 5.82 Å². The molecule has 2 heterocycles. The molecule has 5 heteroatoms. The van der Waals surface area contributed by atoms with Gasteiger partial charge in [-0.05, 0) is 12.1 Å². The third-order valence-electron chi connectivity index (χ3n) is 2.34. The number of aromatic amines is 1. The van der Waals surface area contributed by atoms with Crippen molar-refractivity contribution in [3.63, 3.8) is 0 Å². The Morgan fingerprint density at radius 3 is 3.00 bits per heavy atom. The van der Waals surface area contributed by atoms with Gasteiger partial charge in [0.1, 0.15) is 22.0 Å². The second-order valence-electron chi connectivity index (χ2n) is 4.11. The maximum atomic E-state index is 5.25. The van der Waals surface area contributed by atoms with Crippen LogP contribution in [0.5, 0.6) is 0 Å². The van der Waals surface area contributed by atoms with E-state index in [1.165, 1.54) is 0 Å². The van der Waals surface area contributed by atoms with Crippen LogP contribution in [0.15, 0.2) is 28.9 Å². The number of rotatable bonds is 4. The Morgan fingerprint density at radius 2 is 2.35 bits per heavy atom. The summed E-state index contributed by atoms with van der Waals surface area (Å²) < 4.78 is 5.84. The number of anilines is 1. The highest BCUT2D eigenvalue weighted by molar-refractivity contribution is 7.71. The normalized spacial score (nSPS) is 10.8. The smallest absolute Gasteiger partial charge is 0.131 e. The SMILES string of the molecule is CC(C)c1nc(=S)cc(NCc2ccco2)[nH]1. The van der Waals surface area contributed by atoms with Crippen LogP contribution >= 0.6 is 12.2 Å². The van der Waals surface area contributed by atoms with E-state index in [2.05, 4.69) is 29.1 Å². The van der Waals surface area contributed by atoms with Crippen molar-refractivity contribution < 1.29 is 4.42 Å². The predicted molar refractivity (Wildman–Crippen MR) is 69.5 cm³/mol. The quantitative estimate of drug-likeness (QED) is 0.815. The van der Waals surface area contributed by atoms with Gasteiger partial charge in [0.2, 0.25) is 0 Å². The van der Waals surface area contributed by atoms with Gasteiger partial charge >= 0.3 is 0 Å². The Bertz CT molecular complexity index is 531. The lowest BCUT2D eigenvalue weighted by molar-refractivity contribution is 0.517. The zero-order valence-electron chi connectivity index (χ0n) is 9.86. The van der Waals surface area contributed by atoms with E-state index in [1.54, 1.807) is 6.26 Å². The van der Waals surface area contributed by atoms with E-state index < -0.39 is 0 Å². The fraction of sp³-hybridized carbons (Fsp3) is 0.333. The van der Waals surface area contributed by atoms with Gasteiger partial charge in [0.05, 0.1) is 12.8 Å². The first-order valence-electron chi connectivity index (χ1n) is 5.52. The highest BCUT2D eigenvalue weighted by atomic mass is 32.1. The molecule has 0 aliphatic heterocycles. The molecule has 2 rings (SSSR count). The van der Waals surface area contributed by atoms with Crippen LogP contribution in [0.2, 0.25) is 0 Å². The average molecular weight is 249 g/mol. The Balaban J connectivity index is 2.13. The van der Waals surface area contributed by atoms with Crippen LogP contribution in [0.3, 0.4) is 0 Å². The average Bonchev–Trinajstić information content (AvgIpc) is 2.78. The number of nitrogens with one attached hydrogen (secondary N) is 2. The van der Waals surface area contributed by atoms with Crippen LogP contribution in [-0.2, 0) is 6.54 Å². The summed E-state index contributed by atoms with van der Waals surface area (Å²) in [6.07, 6.45) is 1.66. The van der Waals surface area contributed by atoms with Crippen molar-refractivity contribution >= 4 is 18.0 Å². The number of furan rings is 1.